The Hall–Kier alpha value is -1.62. The molecule has 1 amide bonds. The number of carbonyl (C=O) groups is 1. The van der Waals surface area contributed by atoms with Gasteiger partial charge in [0.2, 0.25) is 0 Å². The van der Waals surface area contributed by atoms with Crippen LogP contribution < -0.4 is 0 Å². The van der Waals surface area contributed by atoms with E-state index in [0.29, 0.717) is 31.6 Å². The Balaban J connectivity index is 2.01. The van der Waals surface area contributed by atoms with Crippen molar-refractivity contribution in [3.05, 3.63) is 29.6 Å². The van der Waals surface area contributed by atoms with Gasteiger partial charge in [-0.05, 0) is 58.2 Å². The maximum atomic E-state index is 12.0. The molecule has 1 fully saturated rings. The third-order valence-electron chi connectivity index (χ3n) is 3.63. The molecule has 2 rings (SSSR count). The van der Waals surface area contributed by atoms with E-state index in [1.165, 1.54) is 0 Å². The van der Waals surface area contributed by atoms with Crippen LogP contribution in [0.5, 0.6) is 0 Å². The topological polar surface area (TPSA) is 62.7 Å². The van der Waals surface area contributed by atoms with Crippen molar-refractivity contribution in [1.82, 2.24) is 9.88 Å². The third-order valence-corrected chi connectivity index (χ3v) is 3.63. The van der Waals surface area contributed by atoms with Crippen molar-refractivity contribution in [2.45, 2.75) is 51.7 Å². The van der Waals surface area contributed by atoms with Crippen LogP contribution in [0, 0.1) is 6.92 Å². The van der Waals surface area contributed by atoms with Gasteiger partial charge >= 0.3 is 6.09 Å². The minimum Gasteiger partial charge on any atom is -0.444 e. The molecule has 1 aromatic rings. The molecule has 1 saturated heterocycles. The average molecular weight is 292 g/mol. The first-order chi connectivity index (χ1) is 9.70. The van der Waals surface area contributed by atoms with Crippen LogP contribution in [0.4, 0.5) is 4.79 Å². The molecule has 0 atom stereocenters. The molecule has 1 aromatic heterocycles. The third kappa shape index (κ3) is 3.94. The molecule has 0 aromatic carbocycles. The molecule has 21 heavy (non-hydrogen) atoms. The molecule has 0 aliphatic carbocycles. The fraction of sp³-hybridized carbons (Fsp3) is 0.625. The summed E-state index contributed by atoms with van der Waals surface area (Å²) in [5.41, 5.74) is 0.308. The van der Waals surface area contributed by atoms with Crippen molar-refractivity contribution in [2.75, 3.05) is 13.1 Å². The SMILES string of the molecule is Cc1ccnc(C2(O)CCN(C(=O)OC(C)(C)C)CC2)c1. The van der Waals surface area contributed by atoms with Crippen LogP contribution in [0.25, 0.3) is 0 Å². The van der Waals surface area contributed by atoms with Gasteiger partial charge in [-0.25, -0.2) is 4.79 Å². The van der Waals surface area contributed by atoms with E-state index in [4.69, 9.17) is 4.74 Å². The number of aryl methyl sites for hydroxylation is 1. The second-order valence-corrected chi connectivity index (χ2v) is 6.72. The van der Waals surface area contributed by atoms with Gasteiger partial charge in [-0.15, -0.1) is 0 Å². The van der Waals surface area contributed by atoms with E-state index in [9.17, 15) is 9.90 Å². The number of likely N-dealkylation sites (tertiary alicyclic amines) is 1. The summed E-state index contributed by atoms with van der Waals surface area (Å²) in [6, 6.07) is 3.81. The Kier molecular flexibility index (Phi) is 4.23. The van der Waals surface area contributed by atoms with Crippen molar-refractivity contribution in [1.29, 1.82) is 0 Å². The molecule has 0 saturated carbocycles. The van der Waals surface area contributed by atoms with E-state index in [-0.39, 0.29) is 6.09 Å². The number of pyridine rings is 1. The molecule has 1 aliphatic heterocycles. The Morgan fingerprint density at radius 1 is 1.38 bits per heavy atom. The Bertz CT molecular complexity index is 514. The second-order valence-electron chi connectivity index (χ2n) is 6.72. The van der Waals surface area contributed by atoms with Crippen molar-refractivity contribution in [2.24, 2.45) is 0 Å². The molecule has 5 nitrogen and oxygen atoms in total. The van der Waals surface area contributed by atoms with E-state index >= 15 is 0 Å². The second kappa shape index (κ2) is 5.64. The Morgan fingerprint density at radius 3 is 2.52 bits per heavy atom. The summed E-state index contributed by atoms with van der Waals surface area (Å²) < 4.78 is 5.36. The van der Waals surface area contributed by atoms with E-state index in [1.807, 2.05) is 39.8 Å². The van der Waals surface area contributed by atoms with Gasteiger partial charge in [0.05, 0.1) is 5.69 Å². The summed E-state index contributed by atoms with van der Waals surface area (Å²) in [7, 11) is 0. The van der Waals surface area contributed by atoms with E-state index in [1.54, 1.807) is 11.1 Å². The van der Waals surface area contributed by atoms with Crippen LogP contribution in [0.1, 0.15) is 44.9 Å². The van der Waals surface area contributed by atoms with Gasteiger partial charge in [-0.1, -0.05) is 0 Å². The molecule has 0 radical (unpaired) electrons. The van der Waals surface area contributed by atoms with E-state index in [0.717, 1.165) is 5.56 Å². The molecular formula is C16H24N2O3. The number of aliphatic hydroxyl groups is 1. The lowest BCUT2D eigenvalue weighted by atomic mass is 9.87. The summed E-state index contributed by atoms with van der Waals surface area (Å²) in [6.07, 6.45) is 2.34. The highest BCUT2D eigenvalue weighted by atomic mass is 16.6. The fourth-order valence-electron chi connectivity index (χ4n) is 2.43. The summed E-state index contributed by atoms with van der Waals surface area (Å²) in [4.78, 5) is 17.9. The highest BCUT2D eigenvalue weighted by molar-refractivity contribution is 5.68. The Morgan fingerprint density at radius 2 is 2.00 bits per heavy atom. The molecule has 116 valence electrons. The minimum atomic E-state index is -0.954. The van der Waals surface area contributed by atoms with Crippen LogP contribution in [0.15, 0.2) is 18.3 Å². The first kappa shape index (κ1) is 15.8. The maximum absolute atomic E-state index is 12.0. The summed E-state index contributed by atoms with van der Waals surface area (Å²) in [5.74, 6) is 0. The van der Waals surface area contributed by atoms with Crippen LogP contribution in [-0.4, -0.2) is 39.8 Å². The molecule has 0 unspecified atom stereocenters. The standard InChI is InChI=1S/C16H24N2O3/c1-12-5-8-17-13(11-12)16(20)6-9-18(10-7-16)14(19)21-15(2,3)4/h5,8,11,20H,6-7,9-10H2,1-4H3. The van der Waals surface area contributed by atoms with Crippen LogP contribution in [-0.2, 0) is 10.3 Å². The number of hydrogen-bond donors (Lipinski definition) is 1. The molecule has 0 spiro atoms. The van der Waals surface area contributed by atoms with Gasteiger partial charge in [0.25, 0.3) is 0 Å². The zero-order chi connectivity index (χ0) is 15.7. The quantitative estimate of drug-likeness (QED) is 0.864. The van der Waals surface area contributed by atoms with Crippen LogP contribution in [0.3, 0.4) is 0 Å². The van der Waals surface area contributed by atoms with Gasteiger partial charge in [0.15, 0.2) is 0 Å². The van der Waals surface area contributed by atoms with Gasteiger partial charge in [-0.3, -0.25) is 4.98 Å². The predicted molar refractivity (Wildman–Crippen MR) is 79.9 cm³/mol. The number of hydrogen-bond acceptors (Lipinski definition) is 4. The number of ether oxygens (including phenoxy) is 1. The number of piperidine rings is 1. The highest BCUT2D eigenvalue weighted by Gasteiger charge is 2.37. The first-order valence-corrected chi connectivity index (χ1v) is 7.33. The van der Waals surface area contributed by atoms with Gasteiger partial charge < -0.3 is 14.7 Å². The monoisotopic (exact) mass is 292 g/mol. The molecule has 5 heteroatoms. The average Bonchev–Trinajstić information content (AvgIpc) is 2.37. The molecule has 0 bridgehead atoms. The number of aromatic nitrogens is 1. The van der Waals surface area contributed by atoms with Crippen molar-refractivity contribution < 1.29 is 14.6 Å². The van der Waals surface area contributed by atoms with Gasteiger partial charge in [0, 0.05) is 19.3 Å². The number of rotatable bonds is 1. The normalized spacial score (nSPS) is 18.4. The van der Waals surface area contributed by atoms with Crippen molar-refractivity contribution >= 4 is 6.09 Å². The maximum Gasteiger partial charge on any atom is 0.410 e. The number of amides is 1. The summed E-state index contributed by atoms with van der Waals surface area (Å²) >= 11 is 0. The lowest BCUT2D eigenvalue weighted by Gasteiger charge is -2.38. The highest BCUT2D eigenvalue weighted by Crippen LogP contribution is 2.32. The largest absolute Gasteiger partial charge is 0.444 e. The van der Waals surface area contributed by atoms with Crippen LogP contribution >= 0.6 is 0 Å². The van der Waals surface area contributed by atoms with E-state index < -0.39 is 11.2 Å². The predicted octanol–water partition coefficient (Wildman–Crippen LogP) is 2.61. The zero-order valence-corrected chi connectivity index (χ0v) is 13.2. The molecule has 1 aliphatic rings. The van der Waals surface area contributed by atoms with Gasteiger partial charge in [-0.2, -0.15) is 0 Å². The van der Waals surface area contributed by atoms with Crippen LogP contribution in [0.2, 0.25) is 0 Å². The fourth-order valence-corrected chi connectivity index (χ4v) is 2.43. The molecule has 1 N–H and O–H groups in total. The zero-order valence-electron chi connectivity index (χ0n) is 13.2. The molecule has 2 heterocycles. The lowest BCUT2D eigenvalue weighted by molar-refractivity contribution is -0.0381. The smallest absolute Gasteiger partial charge is 0.410 e. The first-order valence-electron chi connectivity index (χ1n) is 7.33. The number of nitrogens with zero attached hydrogens (tertiary/aromatic N) is 2. The summed E-state index contributed by atoms with van der Waals surface area (Å²) in [5, 5.41) is 10.8. The van der Waals surface area contributed by atoms with Crippen molar-refractivity contribution in [3.63, 3.8) is 0 Å². The lowest BCUT2D eigenvalue weighted by Crippen LogP contribution is -2.47. The Labute approximate surface area is 125 Å². The van der Waals surface area contributed by atoms with E-state index in [2.05, 4.69) is 4.98 Å². The van der Waals surface area contributed by atoms with Gasteiger partial charge in [0.1, 0.15) is 11.2 Å². The summed E-state index contributed by atoms with van der Waals surface area (Å²) in [6.45, 7) is 8.47. The molecular weight excluding hydrogens is 268 g/mol. The van der Waals surface area contributed by atoms with Crippen molar-refractivity contribution in [3.8, 4) is 0 Å². The number of carbonyl (C=O) groups excluding carboxylic acids is 1. The minimum absolute atomic E-state index is 0.318.